The number of pyridine rings is 2. The molecule has 10 rings (SSSR count). The SMILES string of the molecule is Cc1c[c-]c(-c2ccc([Si](C)(C)C)cn2)cc1.Cc1ccc2c(n1)oc1c(-c3nc4ccccc4n3-c3c(-c4ccccc4)cccc3-c3ccccc3)[c-]ccc12.[Ir]. The molecule has 0 atom stereocenters. The number of hydrogen-bond donors (Lipinski definition) is 0. The van der Waals surface area contributed by atoms with Crippen LogP contribution >= 0.6 is 0 Å². The van der Waals surface area contributed by atoms with Crippen molar-refractivity contribution in [2.45, 2.75) is 33.5 Å². The van der Waals surface area contributed by atoms with Crippen LogP contribution in [0.4, 0.5) is 0 Å². The Bertz CT molecular complexity index is 2980. The summed E-state index contributed by atoms with van der Waals surface area (Å²) in [6.07, 6.45) is 2.02. The molecule has 0 aliphatic heterocycles. The van der Waals surface area contributed by atoms with Crippen molar-refractivity contribution < 1.29 is 24.5 Å². The number of aromatic nitrogens is 4. The zero-order valence-corrected chi connectivity index (χ0v) is 37.0. The van der Waals surface area contributed by atoms with Crippen LogP contribution in [-0.4, -0.2) is 27.6 Å². The van der Waals surface area contributed by atoms with Crippen molar-refractivity contribution in [1.29, 1.82) is 0 Å². The molecule has 0 spiro atoms. The monoisotopic (exact) mass is 959 g/mol. The summed E-state index contributed by atoms with van der Waals surface area (Å²) in [7, 11) is -1.24. The Kier molecular flexibility index (Phi) is 11.1. The van der Waals surface area contributed by atoms with Gasteiger partial charge in [-0.15, -0.1) is 53.6 Å². The molecule has 4 aromatic heterocycles. The predicted molar refractivity (Wildman–Crippen MR) is 242 cm³/mol. The van der Waals surface area contributed by atoms with Crippen LogP contribution in [0.25, 0.3) is 83.7 Å². The van der Waals surface area contributed by atoms with Gasteiger partial charge in [0.2, 0.25) is 5.71 Å². The zero-order chi connectivity index (χ0) is 39.8. The molecule has 6 aromatic carbocycles. The topological polar surface area (TPSA) is 56.7 Å². The van der Waals surface area contributed by atoms with Crippen LogP contribution in [0.3, 0.4) is 0 Å². The van der Waals surface area contributed by atoms with Crippen molar-refractivity contribution >= 4 is 46.4 Å². The molecule has 0 N–H and O–H groups in total. The van der Waals surface area contributed by atoms with Crippen LogP contribution in [0.5, 0.6) is 0 Å². The number of hydrogen-bond acceptors (Lipinski definition) is 4. The van der Waals surface area contributed by atoms with E-state index in [1.54, 1.807) is 0 Å². The molecule has 7 heteroatoms. The molecule has 4 heterocycles. The number of nitrogens with zero attached hydrogens (tertiary/aromatic N) is 4. The fraction of sp³-hybridized carbons (Fsp3) is 0.0962. The molecule has 291 valence electrons. The van der Waals surface area contributed by atoms with E-state index in [1.807, 2.05) is 43.5 Å². The van der Waals surface area contributed by atoms with Crippen molar-refractivity contribution in [1.82, 2.24) is 19.5 Å². The molecular formula is C52H42IrN4OSi-2. The molecule has 0 unspecified atom stereocenters. The second kappa shape index (κ2) is 16.6. The third kappa shape index (κ3) is 7.85. The minimum atomic E-state index is -1.24. The van der Waals surface area contributed by atoms with E-state index in [1.165, 1.54) is 10.8 Å². The number of fused-ring (bicyclic) bond motifs is 4. The van der Waals surface area contributed by atoms with Gasteiger partial charge >= 0.3 is 0 Å². The average molecular weight is 959 g/mol. The Hall–Kier alpha value is -6.24. The second-order valence-corrected chi connectivity index (χ2v) is 20.7. The second-order valence-electron chi connectivity index (χ2n) is 15.7. The summed E-state index contributed by atoms with van der Waals surface area (Å²) in [5.41, 5.74) is 13.9. The van der Waals surface area contributed by atoms with Gasteiger partial charge in [0.15, 0.2) is 0 Å². The molecule has 0 aliphatic carbocycles. The minimum Gasteiger partial charge on any atom is -0.486 e. The third-order valence-corrected chi connectivity index (χ3v) is 12.6. The van der Waals surface area contributed by atoms with Crippen LogP contribution in [-0.2, 0) is 20.1 Å². The van der Waals surface area contributed by atoms with Gasteiger partial charge < -0.3 is 14.0 Å². The summed E-state index contributed by atoms with van der Waals surface area (Å²) >= 11 is 0. The van der Waals surface area contributed by atoms with E-state index in [0.717, 1.165) is 83.7 Å². The van der Waals surface area contributed by atoms with Crippen molar-refractivity contribution in [3.63, 3.8) is 0 Å². The van der Waals surface area contributed by atoms with Gasteiger partial charge in [-0.25, -0.2) is 4.98 Å². The van der Waals surface area contributed by atoms with E-state index >= 15 is 0 Å². The first-order valence-electron chi connectivity index (χ1n) is 19.6. The van der Waals surface area contributed by atoms with Gasteiger partial charge in [0, 0.05) is 48.5 Å². The Morgan fingerprint density at radius 2 is 1.32 bits per heavy atom. The number of benzene rings is 6. The summed E-state index contributed by atoms with van der Waals surface area (Å²) in [6.45, 7) is 11.1. The van der Waals surface area contributed by atoms with Gasteiger partial charge in [-0.05, 0) is 53.2 Å². The molecule has 1 radical (unpaired) electrons. The number of imidazole rings is 1. The molecule has 0 aliphatic rings. The van der Waals surface area contributed by atoms with E-state index in [2.05, 4.69) is 181 Å². The van der Waals surface area contributed by atoms with Crippen molar-refractivity contribution in [3.05, 3.63) is 187 Å². The van der Waals surface area contributed by atoms with Crippen molar-refractivity contribution in [2.24, 2.45) is 0 Å². The van der Waals surface area contributed by atoms with E-state index in [0.29, 0.717) is 5.71 Å². The first-order valence-corrected chi connectivity index (χ1v) is 23.1. The summed E-state index contributed by atoms with van der Waals surface area (Å²) in [6, 6.07) is 61.2. The van der Waals surface area contributed by atoms with Crippen LogP contribution in [0.1, 0.15) is 11.3 Å². The average Bonchev–Trinajstić information content (AvgIpc) is 3.82. The summed E-state index contributed by atoms with van der Waals surface area (Å²) in [4.78, 5) is 14.4. The first kappa shape index (κ1) is 39.6. The van der Waals surface area contributed by atoms with E-state index < -0.39 is 8.07 Å². The fourth-order valence-electron chi connectivity index (χ4n) is 7.45. The zero-order valence-electron chi connectivity index (χ0n) is 33.6. The Balaban J connectivity index is 0.000000227. The van der Waals surface area contributed by atoms with Crippen LogP contribution in [0.2, 0.25) is 19.6 Å². The van der Waals surface area contributed by atoms with Crippen molar-refractivity contribution in [2.75, 3.05) is 0 Å². The van der Waals surface area contributed by atoms with Crippen molar-refractivity contribution in [3.8, 4) is 50.6 Å². The van der Waals surface area contributed by atoms with Crippen LogP contribution in [0.15, 0.2) is 168 Å². The molecule has 5 nitrogen and oxygen atoms in total. The standard InChI is InChI=1S/C37H24N3O.C15H18NSi.Ir/c1-24-22-23-30-29-18-11-19-31(35(29)41-37(30)38-24)36-39-32-20-8-9-21-33(32)40(36)34-27(25-12-4-2-5-13-25)16-10-17-28(34)26-14-6-3-7-15-26;1-12-5-7-13(8-6-12)15-10-9-14(11-16-15)17(2,3)4;/h2-18,20-23H,1H3;5-7,9-11H,1-4H3;/q2*-1;. The normalized spacial score (nSPS) is 11.3. The molecule has 0 fully saturated rings. The van der Waals surface area contributed by atoms with Gasteiger partial charge in [0.05, 0.1) is 36.2 Å². The predicted octanol–water partition coefficient (Wildman–Crippen LogP) is 12.8. The van der Waals surface area contributed by atoms with Crippen LogP contribution < -0.4 is 5.19 Å². The third-order valence-electron chi connectivity index (χ3n) is 10.5. The molecular weight excluding hydrogens is 917 g/mol. The smallest absolute Gasteiger partial charge is 0.216 e. The maximum Gasteiger partial charge on any atom is 0.216 e. The van der Waals surface area contributed by atoms with E-state index in [4.69, 9.17) is 9.40 Å². The van der Waals surface area contributed by atoms with Gasteiger partial charge in [0.25, 0.3) is 0 Å². The van der Waals surface area contributed by atoms with Gasteiger partial charge in [-0.3, -0.25) is 4.98 Å². The maximum absolute atomic E-state index is 6.44. The summed E-state index contributed by atoms with van der Waals surface area (Å²) < 4.78 is 8.71. The number of para-hydroxylation sites is 3. The Labute approximate surface area is 359 Å². The van der Waals surface area contributed by atoms with E-state index in [-0.39, 0.29) is 20.1 Å². The fourth-order valence-corrected chi connectivity index (χ4v) is 8.48. The molecule has 10 aromatic rings. The molecule has 0 bridgehead atoms. The van der Waals surface area contributed by atoms with Crippen LogP contribution in [0, 0.1) is 26.0 Å². The molecule has 0 saturated heterocycles. The van der Waals surface area contributed by atoms with Gasteiger partial charge in [-0.2, -0.15) is 0 Å². The molecule has 0 amide bonds. The Morgan fingerprint density at radius 3 is 1.97 bits per heavy atom. The quantitative estimate of drug-likeness (QED) is 0.123. The Morgan fingerprint density at radius 1 is 0.627 bits per heavy atom. The first-order chi connectivity index (χ1) is 28.2. The van der Waals surface area contributed by atoms with E-state index in [9.17, 15) is 0 Å². The van der Waals surface area contributed by atoms with Gasteiger partial charge in [-0.1, -0.05) is 141 Å². The summed E-state index contributed by atoms with van der Waals surface area (Å²) in [5, 5.41) is 3.38. The minimum absolute atomic E-state index is 0. The summed E-state index contributed by atoms with van der Waals surface area (Å²) in [5.74, 6) is 0.771. The molecule has 0 saturated carbocycles. The molecule has 59 heavy (non-hydrogen) atoms. The number of aryl methyl sites for hydroxylation is 2. The number of furan rings is 1. The maximum atomic E-state index is 6.44. The largest absolute Gasteiger partial charge is 0.486 e. The number of rotatable bonds is 6. The van der Waals surface area contributed by atoms with Gasteiger partial charge in [0.1, 0.15) is 0 Å².